The molecule has 1 aliphatic carbocycles. The van der Waals surface area contributed by atoms with E-state index >= 15 is 0 Å². The van der Waals surface area contributed by atoms with Crippen LogP contribution >= 0.6 is 0 Å². The van der Waals surface area contributed by atoms with Gasteiger partial charge in [-0.05, 0) is 55.5 Å². The Kier molecular flexibility index (Phi) is 7.06. The van der Waals surface area contributed by atoms with Gasteiger partial charge in [-0.15, -0.1) is 0 Å². The molecule has 0 unspecified atom stereocenters. The van der Waals surface area contributed by atoms with Crippen molar-refractivity contribution in [2.24, 2.45) is 0 Å². The molecular formula is C23H26N2O5. The van der Waals surface area contributed by atoms with Crippen LogP contribution in [0.1, 0.15) is 47.3 Å². The van der Waals surface area contributed by atoms with Gasteiger partial charge in [0, 0.05) is 5.56 Å². The van der Waals surface area contributed by atoms with Gasteiger partial charge < -0.3 is 20.1 Å². The lowest BCUT2D eigenvalue weighted by atomic mass is 9.87. The topological polar surface area (TPSA) is 93.7 Å². The maximum Gasteiger partial charge on any atom is 0.326 e. The zero-order chi connectivity index (χ0) is 21.5. The van der Waals surface area contributed by atoms with Crippen molar-refractivity contribution < 1.29 is 23.9 Å². The molecule has 158 valence electrons. The smallest absolute Gasteiger partial charge is 0.326 e. The molecule has 0 fully saturated rings. The molecule has 0 bridgehead atoms. The number of carbonyl (C=O) groups is 3. The van der Waals surface area contributed by atoms with Gasteiger partial charge in [0.1, 0.15) is 12.3 Å². The Labute approximate surface area is 175 Å². The normalized spacial score (nSPS) is 16.0. The van der Waals surface area contributed by atoms with E-state index < -0.39 is 18.0 Å². The number of benzene rings is 2. The fourth-order valence-electron chi connectivity index (χ4n) is 3.50. The Morgan fingerprint density at radius 1 is 1.13 bits per heavy atom. The van der Waals surface area contributed by atoms with E-state index in [2.05, 4.69) is 16.7 Å². The molecule has 2 atom stereocenters. The predicted molar refractivity (Wildman–Crippen MR) is 111 cm³/mol. The highest BCUT2D eigenvalue weighted by molar-refractivity contribution is 5.96. The van der Waals surface area contributed by atoms with E-state index in [1.54, 1.807) is 24.3 Å². The zero-order valence-corrected chi connectivity index (χ0v) is 17.1. The van der Waals surface area contributed by atoms with Crippen LogP contribution in [0.4, 0.5) is 0 Å². The summed E-state index contributed by atoms with van der Waals surface area (Å²) in [5.41, 5.74) is 2.71. The Morgan fingerprint density at radius 2 is 1.93 bits per heavy atom. The number of hydrogen-bond acceptors (Lipinski definition) is 5. The predicted octanol–water partition coefficient (Wildman–Crippen LogP) is 2.55. The number of hydrogen-bond donors (Lipinski definition) is 2. The van der Waals surface area contributed by atoms with Gasteiger partial charge in [-0.2, -0.15) is 0 Å². The van der Waals surface area contributed by atoms with E-state index in [9.17, 15) is 14.4 Å². The molecule has 2 N–H and O–H groups in total. The first kappa shape index (κ1) is 21.4. The minimum atomic E-state index is -0.958. The van der Waals surface area contributed by atoms with Crippen LogP contribution in [0, 0.1) is 0 Å². The van der Waals surface area contributed by atoms with Gasteiger partial charge in [0.25, 0.3) is 11.8 Å². The van der Waals surface area contributed by atoms with Crippen LogP contribution in [0.3, 0.4) is 0 Å². The summed E-state index contributed by atoms with van der Waals surface area (Å²) in [6.07, 6.45) is 1.88. The van der Waals surface area contributed by atoms with Crippen LogP contribution in [0.2, 0.25) is 0 Å². The number of rotatable bonds is 7. The van der Waals surface area contributed by atoms with Crippen molar-refractivity contribution in [2.75, 3.05) is 13.7 Å². The Bertz CT molecular complexity index is 927. The van der Waals surface area contributed by atoms with Gasteiger partial charge in [-0.25, -0.2) is 0 Å². The van der Waals surface area contributed by atoms with E-state index in [-0.39, 0.29) is 18.5 Å². The summed E-state index contributed by atoms with van der Waals surface area (Å²) >= 11 is 0. The molecule has 3 rings (SSSR count). The van der Waals surface area contributed by atoms with Crippen molar-refractivity contribution in [3.63, 3.8) is 0 Å². The molecule has 0 spiro atoms. The van der Waals surface area contributed by atoms with Crippen molar-refractivity contribution in [1.82, 2.24) is 10.6 Å². The number of nitrogens with one attached hydrogen (secondary N) is 2. The maximum absolute atomic E-state index is 12.5. The zero-order valence-electron chi connectivity index (χ0n) is 17.1. The Morgan fingerprint density at radius 3 is 2.73 bits per heavy atom. The SMILES string of the molecule is COc1cccc(C(=O)NCC(=O)O[C@H](C)C(=O)N[C@H]2CCCc3ccccc32)c1. The average molecular weight is 410 g/mol. The Hall–Kier alpha value is -3.35. The van der Waals surface area contributed by atoms with Crippen molar-refractivity contribution in [3.8, 4) is 5.75 Å². The van der Waals surface area contributed by atoms with Gasteiger partial charge >= 0.3 is 5.97 Å². The highest BCUT2D eigenvalue weighted by Gasteiger charge is 2.25. The number of carbonyl (C=O) groups excluding carboxylic acids is 3. The fraction of sp³-hybridized carbons (Fsp3) is 0.348. The number of fused-ring (bicyclic) bond motifs is 1. The molecule has 0 saturated carbocycles. The quantitative estimate of drug-likeness (QED) is 0.685. The monoisotopic (exact) mass is 410 g/mol. The second-order valence-corrected chi connectivity index (χ2v) is 7.20. The molecule has 2 amide bonds. The first-order chi connectivity index (χ1) is 14.5. The lowest BCUT2D eigenvalue weighted by Crippen LogP contribution is -2.41. The summed E-state index contributed by atoms with van der Waals surface area (Å²) in [5.74, 6) is -0.927. The number of ether oxygens (including phenoxy) is 2. The third kappa shape index (κ3) is 5.37. The molecule has 0 radical (unpaired) electrons. The van der Waals surface area contributed by atoms with Crippen LogP contribution in [0.5, 0.6) is 5.75 Å². The summed E-state index contributed by atoms with van der Waals surface area (Å²) in [4.78, 5) is 36.7. The molecule has 2 aromatic rings. The Balaban J connectivity index is 1.48. The number of methoxy groups -OCH3 is 1. The summed E-state index contributed by atoms with van der Waals surface area (Å²) in [5, 5.41) is 5.45. The lowest BCUT2D eigenvalue weighted by molar-refractivity contribution is -0.154. The van der Waals surface area contributed by atoms with E-state index in [1.165, 1.54) is 19.6 Å². The van der Waals surface area contributed by atoms with Crippen molar-refractivity contribution in [3.05, 3.63) is 65.2 Å². The molecule has 2 aromatic carbocycles. The second kappa shape index (κ2) is 9.91. The van der Waals surface area contributed by atoms with Gasteiger partial charge in [0.15, 0.2) is 6.10 Å². The van der Waals surface area contributed by atoms with E-state index in [0.717, 1.165) is 24.8 Å². The summed E-state index contributed by atoms with van der Waals surface area (Å²) in [7, 11) is 1.51. The third-order valence-electron chi connectivity index (χ3n) is 5.09. The van der Waals surface area contributed by atoms with Gasteiger partial charge in [0.2, 0.25) is 0 Å². The average Bonchev–Trinajstić information content (AvgIpc) is 2.77. The summed E-state index contributed by atoms with van der Waals surface area (Å²) in [6.45, 7) is 1.19. The van der Waals surface area contributed by atoms with E-state index in [4.69, 9.17) is 9.47 Å². The van der Waals surface area contributed by atoms with Crippen LogP contribution < -0.4 is 15.4 Å². The van der Waals surface area contributed by atoms with Gasteiger partial charge in [0.05, 0.1) is 13.2 Å². The molecule has 7 nitrogen and oxygen atoms in total. The largest absolute Gasteiger partial charge is 0.497 e. The standard InChI is InChI=1S/C23H26N2O5/c1-15(22(27)25-20-12-6-8-16-7-3-4-11-19(16)20)30-21(26)14-24-23(28)17-9-5-10-18(13-17)29-2/h3-5,7,9-11,13,15,20H,6,8,12,14H2,1-2H3,(H,24,28)(H,25,27)/t15-,20+/m1/s1. The first-order valence-corrected chi connectivity index (χ1v) is 9.98. The van der Waals surface area contributed by atoms with E-state index in [0.29, 0.717) is 11.3 Å². The van der Waals surface area contributed by atoms with Gasteiger partial charge in [-0.3, -0.25) is 14.4 Å². The minimum Gasteiger partial charge on any atom is -0.497 e. The number of amides is 2. The molecule has 0 aromatic heterocycles. The van der Waals surface area contributed by atoms with Crippen molar-refractivity contribution >= 4 is 17.8 Å². The third-order valence-corrected chi connectivity index (χ3v) is 5.09. The molecular weight excluding hydrogens is 384 g/mol. The highest BCUT2D eigenvalue weighted by Crippen LogP contribution is 2.29. The molecule has 0 saturated heterocycles. The molecule has 1 aliphatic rings. The summed E-state index contributed by atoms with van der Waals surface area (Å²) < 4.78 is 10.3. The molecule has 0 heterocycles. The highest BCUT2D eigenvalue weighted by atomic mass is 16.5. The molecule has 0 aliphatic heterocycles. The fourth-order valence-corrected chi connectivity index (χ4v) is 3.50. The lowest BCUT2D eigenvalue weighted by Gasteiger charge is -2.27. The van der Waals surface area contributed by atoms with Crippen molar-refractivity contribution in [1.29, 1.82) is 0 Å². The number of aryl methyl sites for hydroxylation is 1. The first-order valence-electron chi connectivity index (χ1n) is 9.98. The summed E-state index contributed by atoms with van der Waals surface area (Å²) in [6, 6.07) is 14.5. The number of esters is 1. The second-order valence-electron chi connectivity index (χ2n) is 7.20. The van der Waals surface area contributed by atoms with Crippen LogP contribution in [0.25, 0.3) is 0 Å². The van der Waals surface area contributed by atoms with Crippen molar-refractivity contribution in [2.45, 2.75) is 38.3 Å². The molecule has 7 heteroatoms. The van der Waals surface area contributed by atoms with E-state index in [1.807, 2.05) is 18.2 Å². The van der Waals surface area contributed by atoms with Gasteiger partial charge in [-0.1, -0.05) is 30.3 Å². The van der Waals surface area contributed by atoms with Crippen LogP contribution in [0.15, 0.2) is 48.5 Å². The van der Waals surface area contributed by atoms with Crippen LogP contribution in [-0.4, -0.2) is 37.5 Å². The maximum atomic E-state index is 12.5. The molecule has 30 heavy (non-hydrogen) atoms. The van der Waals surface area contributed by atoms with Crippen LogP contribution in [-0.2, 0) is 20.7 Å². The minimum absolute atomic E-state index is 0.0867.